The van der Waals surface area contributed by atoms with E-state index < -0.39 is 0 Å². The van der Waals surface area contributed by atoms with Crippen LogP contribution in [0.5, 0.6) is 0 Å². The third-order valence-electron chi connectivity index (χ3n) is 1.20. The second-order valence-corrected chi connectivity index (χ2v) is 3.04. The SMILES string of the molecule is CC(C)COCCOCCC=O. The molecule has 0 amide bonds. The molecule has 0 aromatic rings. The summed E-state index contributed by atoms with van der Waals surface area (Å²) >= 11 is 0. The first-order chi connectivity index (χ1) is 5.77. The lowest BCUT2D eigenvalue weighted by molar-refractivity contribution is -0.108. The molecule has 3 heteroatoms. The molecule has 0 unspecified atom stereocenters. The Morgan fingerprint density at radius 3 is 2.42 bits per heavy atom. The lowest BCUT2D eigenvalue weighted by atomic mass is 10.2. The first-order valence-corrected chi connectivity index (χ1v) is 4.36. The Hall–Kier alpha value is -0.410. The lowest BCUT2D eigenvalue weighted by Crippen LogP contribution is -2.09. The van der Waals surface area contributed by atoms with Crippen LogP contribution in [0.1, 0.15) is 20.3 Å². The zero-order valence-corrected chi connectivity index (χ0v) is 7.91. The largest absolute Gasteiger partial charge is 0.379 e. The van der Waals surface area contributed by atoms with E-state index in [9.17, 15) is 4.79 Å². The van der Waals surface area contributed by atoms with E-state index in [0.29, 0.717) is 32.2 Å². The number of hydrogen-bond donors (Lipinski definition) is 0. The quantitative estimate of drug-likeness (QED) is 0.410. The second kappa shape index (κ2) is 8.68. The van der Waals surface area contributed by atoms with Gasteiger partial charge in [0.1, 0.15) is 6.29 Å². The molecular weight excluding hydrogens is 156 g/mol. The van der Waals surface area contributed by atoms with E-state index in [0.717, 1.165) is 12.9 Å². The van der Waals surface area contributed by atoms with Gasteiger partial charge in [0.05, 0.1) is 19.8 Å². The Morgan fingerprint density at radius 1 is 1.17 bits per heavy atom. The van der Waals surface area contributed by atoms with Gasteiger partial charge in [0.15, 0.2) is 0 Å². The molecule has 0 fully saturated rings. The number of aldehydes is 1. The predicted molar refractivity (Wildman–Crippen MR) is 47.2 cm³/mol. The van der Waals surface area contributed by atoms with Crippen molar-refractivity contribution < 1.29 is 14.3 Å². The van der Waals surface area contributed by atoms with Crippen LogP contribution in [0.4, 0.5) is 0 Å². The van der Waals surface area contributed by atoms with Gasteiger partial charge in [-0.25, -0.2) is 0 Å². The molecule has 0 heterocycles. The molecule has 0 aromatic heterocycles. The van der Waals surface area contributed by atoms with Gasteiger partial charge in [0.2, 0.25) is 0 Å². The molecule has 72 valence electrons. The van der Waals surface area contributed by atoms with E-state index in [4.69, 9.17) is 9.47 Å². The van der Waals surface area contributed by atoms with Crippen LogP contribution in [0, 0.1) is 5.92 Å². The first kappa shape index (κ1) is 11.6. The monoisotopic (exact) mass is 174 g/mol. The topological polar surface area (TPSA) is 35.5 Å². The Labute approximate surface area is 74.0 Å². The average Bonchev–Trinajstić information content (AvgIpc) is 2.02. The molecule has 0 radical (unpaired) electrons. The van der Waals surface area contributed by atoms with Crippen molar-refractivity contribution in [1.82, 2.24) is 0 Å². The first-order valence-electron chi connectivity index (χ1n) is 4.36. The average molecular weight is 174 g/mol. The maximum atomic E-state index is 9.87. The summed E-state index contributed by atoms with van der Waals surface area (Å²) in [5.74, 6) is 0.569. The van der Waals surface area contributed by atoms with Gasteiger partial charge in [0, 0.05) is 13.0 Å². The van der Waals surface area contributed by atoms with Gasteiger partial charge in [-0.3, -0.25) is 0 Å². The van der Waals surface area contributed by atoms with Crippen LogP contribution >= 0.6 is 0 Å². The molecule has 3 nitrogen and oxygen atoms in total. The van der Waals surface area contributed by atoms with Crippen molar-refractivity contribution in [3.05, 3.63) is 0 Å². The summed E-state index contributed by atoms with van der Waals surface area (Å²) < 4.78 is 10.4. The number of carbonyl (C=O) groups is 1. The van der Waals surface area contributed by atoms with Gasteiger partial charge >= 0.3 is 0 Å². The van der Waals surface area contributed by atoms with Crippen molar-refractivity contribution >= 4 is 6.29 Å². The summed E-state index contributed by atoms with van der Waals surface area (Å²) in [6.45, 7) is 6.70. The number of carbonyl (C=O) groups excluding carboxylic acids is 1. The molecule has 0 rings (SSSR count). The molecule has 0 aliphatic carbocycles. The molecule has 0 spiro atoms. The van der Waals surface area contributed by atoms with Gasteiger partial charge in [0.25, 0.3) is 0 Å². The van der Waals surface area contributed by atoms with Gasteiger partial charge in [-0.1, -0.05) is 13.8 Å². The van der Waals surface area contributed by atoms with Gasteiger partial charge in [-0.2, -0.15) is 0 Å². The Bertz CT molecular complexity index is 102. The van der Waals surface area contributed by atoms with Crippen LogP contribution in [-0.4, -0.2) is 32.7 Å². The Balaban J connectivity index is 2.86. The summed E-state index contributed by atoms with van der Waals surface area (Å²) in [4.78, 5) is 9.87. The molecule has 0 aliphatic heterocycles. The fourth-order valence-corrected chi connectivity index (χ4v) is 0.670. The van der Waals surface area contributed by atoms with Crippen LogP contribution in [-0.2, 0) is 14.3 Å². The molecule has 12 heavy (non-hydrogen) atoms. The normalized spacial score (nSPS) is 10.6. The van der Waals surface area contributed by atoms with Crippen molar-refractivity contribution in [3.8, 4) is 0 Å². The fourth-order valence-electron chi connectivity index (χ4n) is 0.670. The second-order valence-electron chi connectivity index (χ2n) is 3.04. The van der Waals surface area contributed by atoms with Crippen molar-refractivity contribution in [2.45, 2.75) is 20.3 Å². The summed E-state index contributed by atoms with van der Waals surface area (Å²) in [6.07, 6.45) is 1.33. The highest BCUT2D eigenvalue weighted by Crippen LogP contribution is 1.91. The minimum Gasteiger partial charge on any atom is -0.379 e. The maximum absolute atomic E-state index is 9.87. The predicted octanol–water partition coefficient (Wildman–Crippen LogP) is 1.26. The highest BCUT2D eigenvalue weighted by Gasteiger charge is 1.93. The molecule has 0 saturated carbocycles. The zero-order chi connectivity index (χ0) is 9.23. The zero-order valence-electron chi connectivity index (χ0n) is 7.91. The van der Waals surface area contributed by atoms with Crippen LogP contribution in [0.15, 0.2) is 0 Å². The molecule has 0 aromatic carbocycles. The van der Waals surface area contributed by atoms with E-state index in [2.05, 4.69) is 13.8 Å². The standard InChI is InChI=1S/C9H18O3/c1-9(2)8-12-7-6-11-5-3-4-10/h4,9H,3,5-8H2,1-2H3. The van der Waals surface area contributed by atoms with E-state index in [-0.39, 0.29) is 0 Å². The maximum Gasteiger partial charge on any atom is 0.122 e. The third kappa shape index (κ3) is 9.59. The third-order valence-corrected chi connectivity index (χ3v) is 1.20. The van der Waals surface area contributed by atoms with Crippen molar-refractivity contribution in [3.63, 3.8) is 0 Å². The van der Waals surface area contributed by atoms with Gasteiger partial charge in [-0.15, -0.1) is 0 Å². The fraction of sp³-hybridized carbons (Fsp3) is 0.889. The highest BCUT2D eigenvalue weighted by molar-refractivity contribution is 5.49. The molecular formula is C9H18O3. The molecule has 0 atom stereocenters. The number of ether oxygens (including phenoxy) is 2. The van der Waals surface area contributed by atoms with Crippen LogP contribution in [0.2, 0.25) is 0 Å². The van der Waals surface area contributed by atoms with Gasteiger partial charge in [-0.05, 0) is 5.92 Å². The molecule has 0 N–H and O–H groups in total. The number of hydrogen-bond acceptors (Lipinski definition) is 3. The highest BCUT2D eigenvalue weighted by atomic mass is 16.5. The smallest absolute Gasteiger partial charge is 0.122 e. The van der Waals surface area contributed by atoms with Crippen molar-refractivity contribution in [2.24, 2.45) is 5.92 Å². The van der Waals surface area contributed by atoms with E-state index in [1.165, 1.54) is 0 Å². The van der Waals surface area contributed by atoms with E-state index in [1.54, 1.807) is 0 Å². The summed E-state index contributed by atoms with van der Waals surface area (Å²) in [7, 11) is 0. The van der Waals surface area contributed by atoms with Crippen LogP contribution < -0.4 is 0 Å². The Kier molecular flexibility index (Phi) is 8.39. The summed E-state index contributed by atoms with van der Waals surface area (Å²) in [5.41, 5.74) is 0. The van der Waals surface area contributed by atoms with Crippen molar-refractivity contribution in [1.29, 1.82) is 0 Å². The van der Waals surface area contributed by atoms with Gasteiger partial charge < -0.3 is 14.3 Å². The minimum absolute atomic E-state index is 0.476. The van der Waals surface area contributed by atoms with Crippen LogP contribution in [0.3, 0.4) is 0 Å². The van der Waals surface area contributed by atoms with E-state index in [1.807, 2.05) is 0 Å². The molecule has 0 aliphatic rings. The minimum atomic E-state index is 0.476. The number of rotatable bonds is 8. The summed E-state index contributed by atoms with van der Waals surface area (Å²) in [6, 6.07) is 0. The van der Waals surface area contributed by atoms with Crippen molar-refractivity contribution in [2.75, 3.05) is 26.4 Å². The van der Waals surface area contributed by atoms with Crippen LogP contribution in [0.25, 0.3) is 0 Å². The Morgan fingerprint density at radius 2 is 1.83 bits per heavy atom. The lowest BCUT2D eigenvalue weighted by Gasteiger charge is -2.06. The summed E-state index contributed by atoms with van der Waals surface area (Å²) in [5, 5.41) is 0. The molecule has 0 bridgehead atoms. The van der Waals surface area contributed by atoms with E-state index >= 15 is 0 Å². The molecule has 0 saturated heterocycles.